The van der Waals surface area contributed by atoms with E-state index >= 15 is 0 Å². The van der Waals surface area contributed by atoms with Crippen LogP contribution in [0.25, 0.3) is 0 Å². The zero-order chi connectivity index (χ0) is 15.7. The standard InChI is InChI=1S/C15H19F4NO/c1-3-20-13(14(21-2)7-4-8-14)10-5-6-11(12(16)9-10)15(17,18)19/h5-6,9,13,20H,3-4,7-8H2,1-2H3. The molecule has 0 saturated heterocycles. The number of benzene rings is 1. The van der Waals surface area contributed by atoms with Crippen molar-refractivity contribution in [3.05, 3.63) is 35.1 Å². The summed E-state index contributed by atoms with van der Waals surface area (Å²) in [5.74, 6) is -1.24. The molecule has 0 radical (unpaired) electrons. The van der Waals surface area contributed by atoms with Crippen molar-refractivity contribution < 1.29 is 22.3 Å². The molecule has 1 aromatic rings. The van der Waals surface area contributed by atoms with Crippen LogP contribution in [0.5, 0.6) is 0 Å². The number of likely N-dealkylation sites (N-methyl/N-ethyl adjacent to an activating group) is 1. The first kappa shape index (κ1) is 16.2. The van der Waals surface area contributed by atoms with E-state index in [0.29, 0.717) is 12.1 Å². The van der Waals surface area contributed by atoms with Gasteiger partial charge in [-0.2, -0.15) is 13.2 Å². The minimum Gasteiger partial charge on any atom is -0.376 e. The van der Waals surface area contributed by atoms with Gasteiger partial charge in [0.15, 0.2) is 0 Å². The molecule has 0 bridgehead atoms. The predicted octanol–water partition coefficient (Wildman–Crippen LogP) is 4.06. The highest BCUT2D eigenvalue weighted by Crippen LogP contribution is 2.45. The largest absolute Gasteiger partial charge is 0.419 e. The molecule has 1 N–H and O–H groups in total. The minimum absolute atomic E-state index is 0.307. The molecule has 1 atom stereocenters. The van der Waals surface area contributed by atoms with Gasteiger partial charge in [0.2, 0.25) is 0 Å². The smallest absolute Gasteiger partial charge is 0.376 e. The van der Waals surface area contributed by atoms with Gasteiger partial charge >= 0.3 is 6.18 Å². The van der Waals surface area contributed by atoms with Crippen molar-refractivity contribution in [1.29, 1.82) is 0 Å². The average Bonchev–Trinajstić information content (AvgIpc) is 2.35. The summed E-state index contributed by atoms with van der Waals surface area (Å²) in [6.45, 7) is 2.52. The summed E-state index contributed by atoms with van der Waals surface area (Å²) in [5.41, 5.74) is -1.20. The molecule has 0 aliphatic heterocycles. The summed E-state index contributed by atoms with van der Waals surface area (Å²) in [6.07, 6.45) is -2.06. The van der Waals surface area contributed by atoms with Gasteiger partial charge in [0.25, 0.3) is 0 Å². The van der Waals surface area contributed by atoms with Crippen LogP contribution >= 0.6 is 0 Å². The molecule has 2 rings (SSSR count). The Kier molecular flexibility index (Phi) is 4.58. The Balaban J connectivity index is 2.36. The van der Waals surface area contributed by atoms with Crippen molar-refractivity contribution in [3.63, 3.8) is 0 Å². The normalized spacial score (nSPS) is 19.1. The van der Waals surface area contributed by atoms with E-state index in [9.17, 15) is 17.6 Å². The van der Waals surface area contributed by atoms with Gasteiger partial charge < -0.3 is 10.1 Å². The molecule has 1 unspecified atom stereocenters. The van der Waals surface area contributed by atoms with Gasteiger partial charge in [0.05, 0.1) is 17.2 Å². The number of hydrogen-bond acceptors (Lipinski definition) is 2. The summed E-state index contributed by atoms with van der Waals surface area (Å²) in [7, 11) is 1.59. The number of halogens is 4. The van der Waals surface area contributed by atoms with Gasteiger partial charge in [-0.1, -0.05) is 13.0 Å². The van der Waals surface area contributed by atoms with E-state index in [1.54, 1.807) is 7.11 Å². The zero-order valence-corrected chi connectivity index (χ0v) is 12.1. The second kappa shape index (κ2) is 5.93. The molecule has 1 aliphatic rings. The highest BCUT2D eigenvalue weighted by molar-refractivity contribution is 5.31. The van der Waals surface area contributed by atoms with Crippen LogP contribution in [-0.4, -0.2) is 19.3 Å². The lowest BCUT2D eigenvalue weighted by molar-refractivity contribution is -0.140. The first-order valence-electron chi connectivity index (χ1n) is 6.99. The van der Waals surface area contributed by atoms with E-state index in [0.717, 1.165) is 31.4 Å². The highest BCUT2D eigenvalue weighted by atomic mass is 19.4. The third kappa shape index (κ3) is 3.06. The Labute approximate surface area is 121 Å². The molecule has 0 heterocycles. The number of alkyl halides is 3. The molecule has 21 heavy (non-hydrogen) atoms. The lowest BCUT2D eigenvalue weighted by Crippen LogP contribution is -2.50. The number of methoxy groups -OCH3 is 1. The number of ether oxygens (including phenoxy) is 1. The average molecular weight is 305 g/mol. The van der Waals surface area contributed by atoms with Gasteiger partial charge in [-0.3, -0.25) is 0 Å². The SMILES string of the molecule is CCNC(c1ccc(C(F)(F)F)c(F)c1)C1(OC)CCC1. The van der Waals surface area contributed by atoms with Gasteiger partial charge in [0, 0.05) is 7.11 Å². The predicted molar refractivity (Wildman–Crippen MR) is 71.4 cm³/mol. The van der Waals surface area contributed by atoms with Crippen LogP contribution in [0, 0.1) is 5.82 Å². The third-order valence-electron chi connectivity index (χ3n) is 4.17. The van der Waals surface area contributed by atoms with Crippen molar-refractivity contribution in [1.82, 2.24) is 5.32 Å². The Hall–Kier alpha value is -1.14. The molecule has 118 valence electrons. The fourth-order valence-electron chi connectivity index (χ4n) is 2.89. The second-order valence-corrected chi connectivity index (χ2v) is 5.35. The van der Waals surface area contributed by atoms with Gasteiger partial charge in [-0.05, 0) is 43.5 Å². The van der Waals surface area contributed by atoms with Crippen molar-refractivity contribution >= 4 is 0 Å². The monoisotopic (exact) mass is 305 g/mol. The quantitative estimate of drug-likeness (QED) is 0.828. The van der Waals surface area contributed by atoms with Crippen LogP contribution in [0.3, 0.4) is 0 Å². The van der Waals surface area contributed by atoms with Gasteiger partial charge in [-0.15, -0.1) is 0 Å². The van der Waals surface area contributed by atoms with Crippen LogP contribution < -0.4 is 5.32 Å². The van der Waals surface area contributed by atoms with Gasteiger partial charge in [-0.25, -0.2) is 4.39 Å². The van der Waals surface area contributed by atoms with Crippen molar-refractivity contribution in [3.8, 4) is 0 Å². The topological polar surface area (TPSA) is 21.3 Å². The minimum atomic E-state index is -4.67. The first-order valence-corrected chi connectivity index (χ1v) is 6.99. The molecular formula is C15H19F4NO. The Morgan fingerprint density at radius 2 is 2.00 bits per heavy atom. The Bertz CT molecular complexity index is 491. The lowest BCUT2D eigenvalue weighted by atomic mass is 9.72. The van der Waals surface area contributed by atoms with Crippen molar-refractivity contribution in [2.45, 2.75) is 44.0 Å². The van der Waals surface area contributed by atoms with E-state index < -0.39 is 23.2 Å². The third-order valence-corrected chi connectivity index (χ3v) is 4.17. The molecule has 2 nitrogen and oxygen atoms in total. The van der Waals surface area contributed by atoms with Crippen molar-refractivity contribution in [2.24, 2.45) is 0 Å². The summed E-state index contributed by atoms with van der Waals surface area (Å²) in [5, 5.41) is 3.21. The first-order chi connectivity index (χ1) is 9.84. The molecule has 0 spiro atoms. The van der Waals surface area contributed by atoms with Crippen molar-refractivity contribution in [2.75, 3.05) is 13.7 Å². The van der Waals surface area contributed by atoms with E-state index in [2.05, 4.69) is 5.32 Å². The Morgan fingerprint density at radius 1 is 1.33 bits per heavy atom. The van der Waals surface area contributed by atoms with Crippen LogP contribution in [0.4, 0.5) is 17.6 Å². The molecule has 1 saturated carbocycles. The number of rotatable bonds is 5. The maximum atomic E-state index is 13.8. The van der Waals surface area contributed by atoms with Crippen LogP contribution in [0.2, 0.25) is 0 Å². The number of nitrogens with one attached hydrogen (secondary N) is 1. The maximum absolute atomic E-state index is 13.8. The van der Waals surface area contributed by atoms with E-state index in [4.69, 9.17) is 4.74 Å². The molecule has 6 heteroatoms. The second-order valence-electron chi connectivity index (χ2n) is 5.35. The van der Waals surface area contributed by atoms with Crippen LogP contribution in [0.1, 0.15) is 43.4 Å². The summed E-state index contributed by atoms with van der Waals surface area (Å²) in [6, 6.07) is 2.79. The maximum Gasteiger partial charge on any atom is 0.419 e. The Morgan fingerprint density at radius 3 is 2.38 bits per heavy atom. The summed E-state index contributed by atoms with van der Waals surface area (Å²) in [4.78, 5) is 0. The zero-order valence-electron chi connectivity index (χ0n) is 12.1. The van der Waals surface area contributed by atoms with E-state index in [1.165, 1.54) is 6.07 Å². The molecule has 1 aliphatic carbocycles. The fourth-order valence-corrected chi connectivity index (χ4v) is 2.89. The van der Waals surface area contributed by atoms with E-state index in [-0.39, 0.29) is 6.04 Å². The number of hydrogen-bond donors (Lipinski definition) is 1. The molecule has 0 amide bonds. The summed E-state index contributed by atoms with van der Waals surface area (Å²) >= 11 is 0. The summed E-state index contributed by atoms with van der Waals surface area (Å²) < 4.78 is 57.2. The molecular weight excluding hydrogens is 286 g/mol. The van der Waals surface area contributed by atoms with Crippen LogP contribution in [-0.2, 0) is 10.9 Å². The van der Waals surface area contributed by atoms with Gasteiger partial charge in [0.1, 0.15) is 5.82 Å². The molecule has 0 aromatic heterocycles. The highest BCUT2D eigenvalue weighted by Gasteiger charge is 2.45. The lowest BCUT2D eigenvalue weighted by Gasteiger charge is -2.47. The fraction of sp³-hybridized carbons (Fsp3) is 0.600. The molecule has 1 fully saturated rings. The van der Waals surface area contributed by atoms with E-state index in [1.807, 2.05) is 6.92 Å². The molecule has 1 aromatic carbocycles. The van der Waals surface area contributed by atoms with Crippen LogP contribution in [0.15, 0.2) is 18.2 Å².